The molecule has 0 spiro atoms. The second-order valence-corrected chi connectivity index (χ2v) is 3.98. The predicted molar refractivity (Wildman–Crippen MR) is 57.7 cm³/mol. The number of hydrogen-bond acceptors (Lipinski definition) is 2. The van der Waals surface area contributed by atoms with Crippen molar-refractivity contribution in [3.63, 3.8) is 0 Å². The fourth-order valence-electron chi connectivity index (χ4n) is 1.28. The molecule has 0 aromatic heterocycles. The van der Waals surface area contributed by atoms with Crippen molar-refractivity contribution in [2.24, 2.45) is 5.73 Å². The lowest BCUT2D eigenvalue weighted by Gasteiger charge is -2.13. The third kappa shape index (κ3) is 2.79. The maximum atomic E-state index is 5.93. The van der Waals surface area contributed by atoms with Crippen LogP contribution in [0.3, 0.4) is 0 Å². The monoisotopic (exact) mass is 243 g/mol. The average molecular weight is 244 g/mol. The molecule has 1 aromatic carbocycles. The lowest BCUT2D eigenvalue weighted by atomic mass is 10.0. The van der Waals surface area contributed by atoms with Gasteiger partial charge >= 0.3 is 0 Å². The molecule has 0 fully saturated rings. The van der Waals surface area contributed by atoms with Crippen LogP contribution in [0.2, 0.25) is 0 Å². The predicted octanol–water partition coefficient (Wildman–Crippen LogP) is 2.40. The summed E-state index contributed by atoms with van der Waals surface area (Å²) in [6.45, 7) is 2.61. The van der Waals surface area contributed by atoms with Crippen LogP contribution in [0.1, 0.15) is 17.2 Å². The van der Waals surface area contributed by atoms with Crippen molar-refractivity contribution < 1.29 is 4.74 Å². The third-order valence-electron chi connectivity index (χ3n) is 1.99. The number of benzene rings is 1. The zero-order valence-corrected chi connectivity index (χ0v) is 9.47. The molecule has 0 aliphatic heterocycles. The Hall–Kier alpha value is -0.380. The van der Waals surface area contributed by atoms with E-state index in [2.05, 4.69) is 28.9 Å². The Kier molecular flexibility index (Phi) is 3.90. The first-order valence-electron chi connectivity index (χ1n) is 4.15. The molecule has 0 amide bonds. The Morgan fingerprint density at radius 2 is 2.23 bits per heavy atom. The standard InChI is InChI=1S/C10H14BrNO/c1-7-3-4-8(11)5-9(7)10(12)6-13-2/h3-5,10H,6,12H2,1-2H3. The van der Waals surface area contributed by atoms with Gasteiger partial charge in [0, 0.05) is 11.6 Å². The molecule has 1 rings (SSSR count). The van der Waals surface area contributed by atoms with Crippen LogP contribution in [0.15, 0.2) is 22.7 Å². The van der Waals surface area contributed by atoms with Gasteiger partial charge in [0.15, 0.2) is 0 Å². The van der Waals surface area contributed by atoms with Crippen LogP contribution >= 0.6 is 15.9 Å². The van der Waals surface area contributed by atoms with E-state index in [1.165, 1.54) is 5.56 Å². The van der Waals surface area contributed by atoms with Crippen molar-refractivity contribution in [2.75, 3.05) is 13.7 Å². The fourth-order valence-corrected chi connectivity index (χ4v) is 1.66. The zero-order valence-electron chi connectivity index (χ0n) is 7.88. The first-order valence-corrected chi connectivity index (χ1v) is 4.95. The van der Waals surface area contributed by atoms with Crippen LogP contribution in [0.5, 0.6) is 0 Å². The number of hydrogen-bond donors (Lipinski definition) is 1. The molecule has 1 atom stereocenters. The molecular formula is C10H14BrNO. The molecule has 72 valence electrons. The zero-order chi connectivity index (χ0) is 9.84. The van der Waals surface area contributed by atoms with E-state index in [9.17, 15) is 0 Å². The Labute approximate surface area is 87.2 Å². The average Bonchev–Trinajstić information content (AvgIpc) is 2.09. The van der Waals surface area contributed by atoms with Crippen molar-refractivity contribution >= 4 is 15.9 Å². The summed E-state index contributed by atoms with van der Waals surface area (Å²) >= 11 is 3.42. The van der Waals surface area contributed by atoms with Gasteiger partial charge in [-0.2, -0.15) is 0 Å². The van der Waals surface area contributed by atoms with Crippen molar-refractivity contribution in [2.45, 2.75) is 13.0 Å². The normalized spacial score (nSPS) is 12.9. The Morgan fingerprint density at radius 1 is 1.54 bits per heavy atom. The van der Waals surface area contributed by atoms with E-state index >= 15 is 0 Å². The second-order valence-electron chi connectivity index (χ2n) is 3.06. The highest BCUT2D eigenvalue weighted by atomic mass is 79.9. The van der Waals surface area contributed by atoms with Gasteiger partial charge in [-0.1, -0.05) is 22.0 Å². The summed E-state index contributed by atoms with van der Waals surface area (Å²) in [5.41, 5.74) is 8.27. The van der Waals surface area contributed by atoms with Crippen LogP contribution < -0.4 is 5.73 Å². The smallest absolute Gasteiger partial charge is 0.0655 e. The summed E-state index contributed by atoms with van der Waals surface area (Å²) in [6.07, 6.45) is 0. The van der Waals surface area contributed by atoms with Crippen LogP contribution in [-0.4, -0.2) is 13.7 Å². The molecule has 0 radical (unpaired) electrons. The van der Waals surface area contributed by atoms with E-state index in [0.717, 1.165) is 10.0 Å². The summed E-state index contributed by atoms with van der Waals surface area (Å²) in [5, 5.41) is 0. The lowest BCUT2D eigenvalue weighted by molar-refractivity contribution is 0.180. The minimum Gasteiger partial charge on any atom is -0.383 e. The quantitative estimate of drug-likeness (QED) is 0.886. The van der Waals surface area contributed by atoms with Gasteiger partial charge < -0.3 is 10.5 Å². The van der Waals surface area contributed by atoms with Crippen LogP contribution in [0, 0.1) is 6.92 Å². The fraction of sp³-hybridized carbons (Fsp3) is 0.400. The summed E-state index contributed by atoms with van der Waals surface area (Å²) in [4.78, 5) is 0. The van der Waals surface area contributed by atoms with Gasteiger partial charge in [-0.25, -0.2) is 0 Å². The molecule has 0 aliphatic carbocycles. The van der Waals surface area contributed by atoms with Crippen LogP contribution in [-0.2, 0) is 4.74 Å². The third-order valence-corrected chi connectivity index (χ3v) is 2.48. The molecule has 1 aromatic rings. The second kappa shape index (κ2) is 4.74. The van der Waals surface area contributed by atoms with Gasteiger partial charge in [0.1, 0.15) is 0 Å². The van der Waals surface area contributed by atoms with Gasteiger partial charge in [-0.3, -0.25) is 0 Å². The van der Waals surface area contributed by atoms with Crippen LogP contribution in [0.4, 0.5) is 0 Å². The van der Waals surface area contributed by atoms with Gasteiger partial charge in [-0.05, 0) is 30.2 Å². The van der Waals surface area contributed by atoms with Gasteiger partial charge in [-0.15, -0.1) is 0 Å². The molecule has 13 heavy (non-hydrogen) atoms. The molecule has 1 unspecified atom stereocenters. The summed E-state index contributed by atoms with van der Waals surface area (Å²) < 4.78 is 6.07. The van der Waals surface area contributed by atoms with Gasteiger partial charge in [0.25, 0.3) is 0 Å². The summed E-state index contributed by atoms with van der Waals surface area (Å²) in [6, 6.07) is 6.06. The topological polar surface area (TPSA) is 35.2 Å². The number of rotatable bonds is 3. The van der Waals surface area contributed by atoms with Crippen molar-refractivity contribution in [1.82, 2.24) is 0 Å². The van der Waals surface area contributed by atoms with E-state index in [1.54, 1.807) is 7.11 Å². The molecule has 0 heterocycles. The number of halogens is 1. The number of methoxy groups -OCH3 is 1. The Bertz CT molecular complexity index is 288. The highest BCUT2D eigenvalue weighted by molar-refractivity contribution is 9.10. The number of aryl methyl sites for hydroxylation is 1. The minimum absolute atomic E-state index is 0.0394. The number of ether oxygens (including phenoxy) is 1. The SMILES string of the molecule is COCC(N)c1cc(Br)ccc1C. The molecule has 0 aliphatic rings. The van der Waals surface area contributed by atoms with E-state index in [-0.39, 0.29) is 6.04 Å². The molecule has 0 saturated carbocycles. The van der Waals surface area contributed by atoms with Crippen molar-refractivity contribution in [3.05, 3.63) is 33.8 Å². The molecule has 3 heteroatoms. The Balaban J connectivity index is 2.91. The molecule has 2 N–H and O–H groups in total. The van der Waals surface area contributed by atoms with E-state index in [1.807, 2.05) is 12.1 Å². The molecular weight excluding hydrogens is 230 g/mol. The largest absolute Gasteiger partial charge is 0.383 e. The first-order chi connectivity index (χ1) is 6.15. The van der Waals surface area contributed by atoms with Gasteiger partial charge in [0.05, 0.1) is 12.6 Å². The van der Waals surface area contributed by atoms with Crippen LogP contribution in [0.25, 0.3) is 0 Å². The molecule has 0 bridgehead atoms. The van der Waals surface area contributed by atoms with Crippen molar-refractivity contribution in [1.29, 1.82) is 0 Å². The first kappa shape index (κ1) is 10.7. The van der Waals surface area contributed by atoms with E-state index in [4.69, 9.17) is 10.5 Å². The molecule has 2 nitrogen and oxygen atoms in total. The highest BCUT2D eigenvalue weighted by Crippen LogP contribution is 2.20. The van der Waals surface area contributed by atoms with Gasteiger partial charge in [0.2, 0.25) is 0 Å². The maximum Gasteiger partial charge on any atom is 0.0655 e. The van der Waals surface area contributed by atoms with Crippen molar-refractivity contribution in [3.8, 4) is 0 Å². The highest BCUT2D eigenvalue weighted by Gasteiger charge is 2.08. The minimum atomic E-state index is -0.0394. The molecule has 0 saturated heterocycles. The maximum absolute atomic E-state index is 5.93. The van der Waals surface area contributed by atoms with E-state index in [0.29, 0.717) is 6.61 Å². The van der Waals surface area contributed by atoms with E-state index < -0.39 is 0 Å². The summed E-state index contributed by atoms with van der Waals surface area (Å²) in [7, 11) is 1.66. The number of nitrogens with two attached hydrogens (primary N) is 1. The lowest BCUT2D eigenvalue weighted by Crippen LogP contribution is -2.17. The summed E-state index contributed by atoms with van der Waals surface area (Å²) in [5.74, 6) is 0. The Morgan fingerprint density at radius 3 is 2.85 bits per heavy atom.